The largest absolute Gasteiger partial charge is 0.493 e. The molecule has 0 saturated heterocycles. The SMILES string of the molecule is COc1ccc(-c2nc(Cc3ccccc3)c(Cl)nc2C)cc1OC. The first-order valence-electron chi connectivity index (χ1n) is 7.91. The number of methoxy groups -OCH3 is 2. The molecule has 0 aliphatic heterocycles. The monoisotopic (exact) mass is 354 g/mol. The van der Waals surface area contributed by atoms with Crippen LogP contribution in [-0.2, 0) is 6.42 Å². The lowest BCUT2D eigenvalue weighted by Crippen LogP contribution is -2.02. The van der Waals surface area contributed by atoms with Gasteiger partial charge in [0.25, 0.3) is 0 Å². The summed E-state index contributed by atoms with van der Waals surface area (Å²) in [5.41, 5.74) is 4.36. The molecule has 0 amide bonds. The van der Waals surface area contributed by atoms with Crippen LogP contribution < -0.4 is 9.47 Å². The number of hydrogen-bond acceptors (Lipinski definition) is 4. The van der Waals surface area contributed by atoms with Gasteiger partial charge in [0.05, 0.1) is 31.3 Å². The Labute approximate surface area is 152 Å². The van der Waals surface area contributed by atoms with Crippen molar-refractivity contribution < 1.29 is 9.47 Å². The van der Waals surface area contributed by atoms with E-state index in [1.165, 1.54) is 0 Å². The van der Waals surface area contributed by atoms with Crippen molar-refractivity contribution in [3.05, 3.63) is 70.6 Å². The lowest BCUT2D eigenvalue weighted by molar-refractivity contribution is 0.355. The van der Waals surface area contributed by atoms with Gasteiger partial charge in [-0.2, -0.15) is 0 Å². The number of hydrogen-bond donors (Lipinski definition) is 0. The van der Waals surface area contributed by atoms with Gasteiger partial charge in [-0.05, 0) is 30.7 Å². The van der Waals surface area contributed by atoms with Crippen LogP contribution >= 0.6 is 11.6 Å². The molecule has 1 aromatic heterocycles. The smallest absolute Gasteiger partial charge is 0.161 e. The van der Waals surface area contributed by atoms with Crippen molar-refractivity contribution in [1.82, 2.24) is 9.97 Å². The van der Waals surface area contributed by atoms with Crippen LogP contribution in [-0.4, -0.2) is 24.2 Å². The number of benzene rings is 2. The summed E-state index contributed by atoms with van der Waals surface area (Å²) in [7, 11) is 3.23. The van der Waals surface area contributed by atoms with Crippen LogP contribution in [0.5, 0.6) is 11.5 Å². The Bertz CT molecular complexity index is 882. The fraction of sp³-hybridized carbons (Fsp3) is 0.200. The highest BCUT2D eigenvalue weighted by atomic mass is 35.5. The molecule has 2 aromatic carbocycles. The summed E-state index contributed by atoms with van der Waals surface area (Å²) in [5.74, 6) is 1.33. The van der Waals surface area contributed by atoms with Gasteiger partial charge in [-0.3, -0.25) is 0 Å². The molecule has 0 fully saturated rings. The third-order valence-electron chi connectivity index (χ3n) is 3.96. The molecule has 0 bridgehead atoms. The molecule has 0 N–H and O–H groups in total. The van der Waals surface area contributed by atoms with Crippen LogP contribution in [0.3, 0.4) is 0 Å². The Morgan fingerprint density at radius 3 is 2.32 bits per heavy atom. The molecule has 0 saturated carbocycles. The Hall–Kier alpha value is -2.59. The molecule has 0 radical (unpaired) electrons. The molecule has 1 heterocycles. The van der Waals surface area contributed by atoms with Gasteiger partial charge in [0.2, 0.25) is 0 Å². The predicted molar refractivity (Wildman–Crippen MR) is 99.6 cm³/mol. The van der Waals surface area contributed by atoms with Gasteiger partial charge < -0.3 is 9.47 Å². The van der Waals surface area contributed by atoms with E-state index < -0.39 is 0 Å². The van der Waals surface area contributed by atoms with Crippen molar-refractivity contribution in [2.45, 2.75) is 13.3 Å². The van der Waals surface area contributed by atoms with E-state index in [-0.39, 0.29) is 0 Å². The summed E-state index contributed by atoms with van der Waals surface area (Å²) in [5, 5.41) is 0.436. The Balaban J connectivity index is 2.03. The summed E-state index contributed by atoms with van der Waals surface area (Å²) in [4.78, 5) is 9.25. The van der Waals surface area contributed by atoms with Gasteiger partial charge >= 0.3 is 0 Å². The minimum atomic E-state index is 0.436. The van der Waals surface area contributed by atoms with Crippen molar-refractivity contribution in [3.8, 4) is 22.8 Å². The van der Waals surface area contributed by atoms with E-state index in [1.54, 1.807) is 14.2 Å². The van der Waals surface area contributed by atoms with Crippen LogP contribution in [0.25, 0.3) is 11.3 Å². The fourth-order valence-electron chi connectivity index (χ4n) is 2.69. The van der Waals surface area contributed by atoms with Gasteiger partial charge in [-0.25, -0.2) is 9.97 Å². The van der Waals surface area contributed by atoms with E-state index in [1.807, 2.05) is 55.5 Å². The first-order chi connectivity index (χ1) is 12.1. The van der Waals surface area contributed by atoms with Gasteiger partial charge in [0, 0.05) is 12.0 Å². The molecular weight excluding hydrogens is 336 g/mol. The maximum atomic E-state index is 6.33. The van der Waals surface area contributed by atoms with E-state index in [0.29, 0.717) is 23.1 Å². The topological polar surface area (TPSA) is 44.2 Å². The zero-order valence-electron chi connectivity index (χ0n) is 14.4. The third-order valence-corrected chi connectivity index (χ3v) is 4.27. The van der Waals surface area contributed by atoms with Crippen LogP contribution in [0.2, 0.25) is 5.15 Å². The average molecular weight is 355 g/mol. The second-order valence-corrected chi connectivity index (χ2v) is 5.99. The molecule has 0 aliphatic rings. The molecule has 3 rings (SSSR count). The summed E-state index contributed by atoms with van der Waals surface area (Å²) >= 11 is 6.33. The Morgan fingerprint density at radius 2 is 1.64 bits per heavy atom. The predicted octanol–water partition coefficient (Wildman–Crippen LogP) is 4.71. The quantitative estimate of drug-likeness (QED) is 0.665. The van der Waals surface area contributed by atoms with E-state index in [2.05, 4.69) is 4.98 Å². The number of aryl methyl sites for hydroxylation is 1. The zero-order chi connectivity index (χ0) is 17.8. The summed E-state index contributed by atoms with van der Waals surface area (Å²) in [6, 6.07) is 15.8. The van der Waals surface area contributed by atoms with Gasteiger partial charge in [0.1, 0.15) is 0 Å². The van der Waals surface area contributed by atoms with Crippen molar-refractivity contribution in [2.75, 3.05) is 14.2 Å². The molecule has 128 valence electrons. The summed E-state index contributed by atoms with van der Waals surface area (Å²) in [6.45, 7) is 1.90. The summed E-state index contributed by atoms with van der Waals surface area (Å²) in [6.07, 6.45) is 0.632. The lowest BCUT2D eigenvalue weighted by Gasteiger charge is -2.12. The maximum Gasteiger partial charge on any atom is 0.161 e. The third kappa shape index (κ3) is 3.74. The Morgan fingerprint density at radius 1 is 0.920 bits per heavy atom. The number of halogens is 1. The molecule has 4 nitrogen and oxygen atoms in total. The molecule has 0 aliphatic carbocycles. The van der Waals surface area contributed by atoms with Crippen molar-refractivity contribution >= 4 is 11.6 Å². The highest BCUT2D eigenvalue weighted by Gasteiger charge is 2.14. The van der Waals surface area contributed by atoms with E-state index >= 15 is 0 Å². The van der Waals surface area contributed by atoms with Gasteiger partial charge in [-0.1, -0.05) is 41.9 Å². The standard InChI is InChI=1S/C20H19ClN2O2/c1-13-19(15-9-10-17(24-2)18(12-15)25-3)23-16(20(21)22-13)11-14-7-5-4-6-8-14/h4-10,12H,11H2,1-3H3. The van der Waals surface area contributed by atoms with Crippen LogP contribution in [0.15, 0.2) is 48.5 Å². The molecule has 0 spiro atoms. The molecular formula is C20H19ClN2O2. The average Bonchev–Trinajstić information content (AvgIpc) is 2.64. The molecule has 0 atom stereocenters. The molecule has 5 heteroatoms. The fourth-order valence-corrected chi connectivity index (χ4v) is 2.92. The normalized spacial score (nSPS) is 10.6. The van der Waals surface area contributed by atoms with Crippen molar-refractivity contribution in [3.63, 3.8) is 0 Å². The maximum absolute atomic E-state index is 6.33. The minimum absolute atomic E-state index is 0.436. The highest BCUT2D eigenvalue weighted by molar-refractivity contribution is 6.30. The van der Waals surface area contributed by atoms with Crippen LogP contribution in [0.1, 0.15) is 17.0 Å². The van der Waals surface area contributed by atoms with Crippen molar-refractivity contribution in [2.24, 2.45) is 0 Å². The highest BCUT2D eigenvalue weighted by Crippen LogP contribution is 2.33. The first-order valence-corrected chi connectivity index (χ1v) is 8.29. The lowest BCUT2D eigenvalue weighted by atomic mass is 10.1. The second-order valence-electron chi connectivity index (χ2n) is 5.63. The number of rotatable bonds is 5. The molecule has 3 aromatic rings. The van der Waals surface area contributed by atoms with Gasteiger partial charge in [-0.15, -0.1) is 0 Å². The number of nitrogens with zero attached hydrogens (tertiary/aromatic N) is 2. The van der Waals surface area contributed by atoms with E-state index in [4.69, 9.17) is 26.1 Å². The Kier molecular flexibility index (Phi) is 5.19. The number of ether oxygens (including phenoxy) is 2. The second kappa shape index (κ2) is 7.53. The molecule has 0 unspecified atom stereocenters. The van der Waals surface area contributed by atoms with E-state index in [0.717, 1.165) is 28.2 Å². The van der Waals surface area contributed by atoms with E-state index in [9.17, 15) is 0 Å². The zero-order valence-corrected chi connectivity index (χ0v) is 15.2. The van der Waals surface area contributed by atoms with Crippen LogP contribution in [0.4, 0.5) is 0 Å². The van der Waals surface area contributed by atoms with Gasteiger partial charge in [0.15, 0.2) is 16.7 Å². The summed E-state index contributed by atoms with van der Waals surface area (Å²) < 4.78 is 10.7. The van der Waals surface area contributed by atoms with Crippen LogP contribution in [0, 0.1) is 6.92 Å². The minimum Gasteiger partial charge on any atom is -0.493 e. The molecule has 25 heavy (non-hydrogen) atoms. The first kappa shape index (κ1) is 17.2. The van der Waals surface area contributed by atoms with Crippen molar-refractivity contribution in [1.29, 1.82) is 0 Å². The number of aromatic nitrogens is 2.